The summed E-state index contributed by atoms with van der Waals surface area (Å²) in [6.45, 7) is 7.21. The number of hydrogen-bond donors (Lipinski definition) is 1. The van der Waals surface area contributed by atoms with Gasteiger partial charge in [-0.3, -0.25) is 0 Å². The SMILES string of the molecule is CC(C)(C)c1nc(Cl)c2n1CCC(O)C2. The van der Waals surface area contributed by atoms with E-state index in [1.54, 1.807) is 0 Å². The summed E-state index contributed by atoms with van der Waals surface area (Å²) >= 11 is 6.09. The van der Waals surface area contributed by atoms with Crippen molar-refractivity contribution in [2.24, 2.45) is 0 Å². The lowest BCUT2D eigenvalue weighted by molar-refractivity contribution is 0.142. The van der Waals surface area contributed by atoms with Crippen LogP contribution in [0.5, 0.6) is 0 Å². The summed E-state index contributed by atoms with van der Waals surface area (Å²) in [6, 6.07) is 0. The standard InChI is InChI=1S/C11H17ClN2O/c1-11(2,3)10-13-9(12)8-6-7(15)4-5-14(8)10/h7,15H,4-6H2,1-3H3. The van der Waals surface area contributed by atoms with Gasteiger partial charge in [0.2, 0.25) is 0 Å². The number of aromatic nitrogens is 2. The van der Waals surface area contributed by atoms with Crippen molar-refractivity contribution in [3.8, 4) is 0 Å². The van der Waals surface area contributed by atoms with Crippen molar-refractivity contribution in [1.29, 1.82) is 0 Å². The van der Waals surface area contributed by atoms with E-state index in [0.29, 0.717) is 11.6 Å². The molecule has 4 heteroatoms. The molecule has 1 atom stereocenters. The third kappa shape index (κ3) is 1.91. The molecule has 2 rings (SSSR count). The van der Waals surface area contributed by atoms with Crippen LogP contribution in [0, 0.1) is 0 Å². The van der Waals surface area contributed by atoms with Crippen LogP contribution in [0.1, 0.15) is 38.7 Å². The second-order valence-corrected chi connectivity index (χ2v) is 5.58. The smallest absolute Gasteiger partial charge is 0.150 e. The molecular formula is C11H17ClN2O. The summed E-state index contributed by atoms with van der Waals surface area (Å²) < 4.78 is 2.16. The lowest BCUT2D eigenvalue weighted by atomic mass is 9.95. The highest BCUT2D eigenvalue weighted by molar-refractivity contribution is 6.30. The van der Waals surface area contributed by atoms with Crippen molar-refractivity contribution in [1.82, 2.24) is 9.55 Å². The van der Waals surface area contributed by atoms with E-state index in [4.69, 9.17) is 11.6 Å². The molecule has 0 saturated carbocycles. The minimum absolute atomic E-state index is 0.00415. The van der Waals surface area contributed by atoms with Gasteiger partial charge in [0.05, 0.1) is 11.8 Å². The van der Waals surface area contributed by atoms with E-state index >= 15 is 0 Å². The molecule has 1 unspecified atom stereocenters. The summed E-state index contributed by atoms with van der Waals surface area (Å²) in [6.07, 6.45) is 1.16. The number of hydrogen-bond acceptors (Lipinski definition) is 2. The van der Waals surface area contributed by atoms with Gasteiger partial charge in [0, 0.05) is 18.4 Å². The van der Waals surface area contributed by atoms with Crippen molar-refractivity contribution < 1.29 is 5.11 Å². The van der Waals surface area contributed by atoms with Crippen LogP contribution in [0.4, 0.5) is 0 Å². The highest BCUT2D eigenvalue weighted by Crippen LogP contribution is 2.30. The van der Waals surface area contributed by atoms with Gasteiger partial charge in [-0.2, -0.15) is 0 Å². The monoisotopic (exact) mass is 228 g/mol. The van der Waals surface area contributed by atoms with Gasteiger partial charge < -0.3 is 9.67 Å². The average molecular weight is 229 g/mol. The second kappa shape index (κ2) is 3.49. The van der Waals surface area contributed by atoms with Gasteiger partial charge in [0.25, 0.3) is 0 Å². The highest BCUT2D eigenvalue weighted by atomic mass is 35.5. The molecule has 0 radical (unpaired) electrons. The normalized spacial score (nSPS) is 21.5. The Morgan fingerprint density at radius 1 is 1.47 bits per heavy atom. The van der Waals surface area contributed by atoms with Crippen molar-refractivity contribution in [2.45, 2.75) is 51.7 Å². The fourth-order valence-electron chi connectivity index (χ4n) is 2.07. The number of aliphatic hydroxyl groups is 1. The molecule has 1 N–H and O–H groups in total. The largest absolute Gasteiger partial charge is 0.393 e. The molecule has 0 bridgehead atoms. The van der Waals surface area contributed by atoms with Gasteiger partial charge in [-0.1, -0.05) is 32.4 Å². The first kappa shape index (κ1) is 11.0. The molecule has 3 nitrogen and oxygen atoms in total. The minimum Gasteiger partial charge on any atom is -0.393 e. The van der Waals surface area contributed by atoms with Crippen LogP contribution in [-0.2, 0) is 18.4 Å². The summed E-state index contributed by atoms with van der Waals surface area (Å²) in [5.41, 5.74) is 0.991. The highest BCUT2D eigenvalue weighted by Gasteiger charge is 2.28. The maximum Gasteiger partial charge on any atom is 0.150 e. The van der Waals surface area contributed by atoms with E-state index < -0.39 is 0 Å². The molecule has 1 aromatic rings. The van der Waals surface area contributed by atoms with E-state index in [9.17, 15) is 5.11 Å². The van der Waals surface area contributed by atoms with E-state index in [0.717, 1.165) is 24.5 Å². The summed E-state index contributed by atoms with van der Waals surface area (Å²) in [7, 11) is 0. The molecule has 0 spiro atoms. The fourth-order valence-corrected chi connectivity index (χ4v) is 2.33. The third-order valence-electron chi connectivity index (χ3n) is 2.81. The number of rotatable bonds is 0. The molecule has 0 fully saturated rings. The van der Waals surface area contributed by atoms with Crippen LogP contribution >= 0.6 is 11.6 Å². The summed E-state index contributed by atoms with van der Waals surface area (Å²) in [5.74, 6) is 1.02. The second-order valence-electron chi connectivity index (χ2n) is 5.22. The Balaban J connectivity index is 2.48. The zero-order valence-corrected chi connectivity index (χ0v) is 10.2. The lowest BCUT2D eigenvalue weighted by Gasteiger charge is -2.25. The Hall–Kier alpha value is -0.540. The number of imidazole rings is 1. The Morgan fingerprint density at radius 3 is 2.73 bits per heavy atom. The zero-order chi connectivity index (χ0) is 11.2. The third-order valence-corrected chi connectivity index (χ3v) is 3.11. The summed E-state index contributed by atoms with van der Waals surface area (Å²) in [4.78, 5) is 4.42. The van der Waals surface area contributed by atoms with Crippen LogP contribution < -0.4 is 0 Å². The van der Waals surface area contributed by atoms with Crippen LogP contribution in [0.2, 0.25) is 5.15 Å². The minimum atomic E-state index is -0.264. The quantitative estimate of drug-likeness (QED) is 0.739. The van der Waals surface area contributed by atoms with Crippen LogP contribution in [-0.4, -0.2) is 20.8 Å². The fraction of sp³-hybridized carbons (Fsp3) is 0.727. The van der Waals surface area contributed by atoms with E-state index in [-0.39, 0.29) is 11.5 Å². The predicted octanol–water partition coefficient (Wildman–Crippen LogP) is 2.14. The van der Waals surface area contributed by atoms with Gasteiger partial charge >= 0.3 is 0 Å². The van der Waals surface area contributed by atoms with Crippen molar-refractivity contribution in [3.05, 3.63) is 16.7 Å². The van der Waals surface area contributed by atoms with E-state index in [1.807, 2.05) is 0 Å². The molecule has 15 heavy (non-hydrogen) atoms. The molecule has 0 aromatic carbocycles. The first-order valence-electron chi connectivity index (χ1n) is 5.33. The predicted molar refractivity (Wildman–Crippen MR) is 60.3 cm³/mol. The maximum atomic E-state index is 9.59. The van der Waals surface area contributed by atoms with Gasteiger partial charge in [-0.15, -0.1) is 0 Å². The van der Waals surface area contributed by atoms with Gasteiger partial charge in [-0.05, 0) is 6.42 Å². The van der Waals surface area contributed by atoms with Gasteiger partial charge in [0.15, 0.2) is 5.15 Å². The Morgan fingerprint density at radius 2 is 2.13 bits per heavy atom. The average Bonchev–Trinajstić information content (AvgIpc) is 2.43. The van der Waals surface area contributed by atoms with Gasteiger partial charge in [0.1, 0.15) is 5.82 Å². The molecule has 0 saturated heterocycles. The molecular weight excluding hydrogens is 212 g/mol. The molecule has 1 aromatic heterocycles. The van der Waals surface area contributed by atoms with Crippen LogP contribution in [0.15, 0.2) is 0 Å². The summed E-state index contributed by atoms with van der Waals surface area (Å²) in [5, 5.41) is 10.1. The maximum absolute atomic E-state index is 9.59. The number of fused-ring (bicyclic) bond motifs is 1. The van der Waals surface area contributed by atoms with Crippen molar-refractivity contribution in [2.75, 3.05) is 0 Å². The number of nitrogens with zero attached hydrogens (tertiary/aromatic N) is 2. The van der Waals surface area contributed by atoms with Gasteiger partial charge in [-0.25, -0.2) is 4.98 Å². The number of halogens is 1. The molecule has 84 valence electrons. The molecule has 0 amide bonds. The Kier molecular flexibility index (Phi) is 2.55. The zero-order valence-electron chi connectivity index (χ0n) is 9.42. The molecule has 2 heterocycles. The van der Waals surface area contributed by atoms with Crippen LogP contribution in [0.25, 0.3) is 0 Å². The molecule has 0 aliphatic carbocycles. The molecule has 1 aliphatic rings. The van der Waals surface area contributed by atoms with E-state index in [1.165, 1.54) is 0 Å². The topological polar surface area (TPSA) is 38.0 Å². The Bertz CT molecular complexity index is 379. The first-order chi connectivity index (χ1) is 6.89. The van der Waals surface area contributed by atoms with E-state index in [2.05, 4.69) is 30.3 Å². The number of aliphatic hydroxyl groups excluding tert-OH is 1. The molecule has 1 aliphatic heterocycles. The first-order valence-corrected chi connectivity index (χ1v) is 5.71. The van der Waals surface area contributed by atoms with Crippen molar-refractivity contribution in [3.63, 3.8) is 0 Å². The Labute approximate surface area is 95.1 Å². The van der Waals surface area contributed by atoms with Crippen molar-refractivity contribution >= 4 is 11.6 Å². The lowest BCUT2D eigenvalue weighted by Crippen LogP contribution is -2.27. The van der Waals surface area contributed by atoms with Crippen LogP contribution in [0.3, 0.4) is 0 Å².